The van der Waals surface area contributed by atoms with Gasteiger partial charge in [-0.3, -0.25) is 18.9 Å². The number of benzene rings is 1. The van der Waals surface area contributed by atoms with Gasteiger partial charge in [-0.25, -0.2) is 9.59 Å². The van der Waals surface area contributed by atoms with Gasteiger partial charge in [0.2, 0.25) is 5.88 Å². The van der Waals surface area contributed by atoms with Gasteiger partial charge in [-0.2, -0.15) is 0 Å². The molecule has 25 heavy (non-hydrogen) atoms. The topological polar surface area (TPSA) is 134 Å². The second-order valence-corrected chi connectivity index (χ2v) is 5.45. The molecule has 1 atom stereocenters. The van der Waals surface area contributed by atoms with E-state index in [4.69, 9.17) is 0 Å². The lowest BCUT2D eigenvalue weighted by Crippen LogP contribution is -2.38. The molecule has 3 N–H and O–H groups in total. The van der Waals surface area contributed by atoms with Crippen molar-refractivity contribution >= 4 is 12.2 Å². The summed E-state index contributed by atoms with van der Waals surface area (Å²) in [5, 5.41) is 28.5. The highest BCUT2D eigenvalue weighted by molar-refractivity contribution is 5.85. The van der Waals surface area contributed by atoms with Crippen molar-refractivity contribution in [2.45, 2.75) is 12.5 Å². The van der Waals surface area contributed by atoms with Crippen LogP contribution in [-0.2, 0) is 25.3 Å². The third kappa shape index (κ3) is 3.77. The summed E-state index contributed by atoms with van der Waals surface area (Å²) in [6, 6.07) is 4.76. The molecule has 0 spiro atoms. The minimum Gasteiger partial charge on any atom is -0.508 e. The van der Waals surface area contributed by atoms with Crippen LogP contribution in [-0.4, -0.2) is 42.7 Å². The van der Waals surface area contributed by atoms with Gasteiger partial charge in [-0.15, -0.1) is 0 Å². The van der Waals surface area contributed by atoms with E-state index in [0.717, 1.165) is 15.3 Å². The molecule has 0 bridgehead atoms. The molecule has 132 valence electrons. The van der Waals surface area contributed by atoms with Crippen LogP contribution in [0, 0.1) is 0 Å². The summed E-state index contributed by atoms with van der Waals surface area (Å²) in [6.07, 6.45) is 0.981. The molecule has 0 radical (unpaired) electrons. The van der Waals surface area contributed by atoms with E-state index in [0.29, 0.717) is 5.56 Å². The molecule has 1 heterocycles. The van der Waals surface area contributed by atoms with Gasteiger partial charge in [0.15, 0.2) is 6.04 Å². The first-order valence-electron chi connectivity index (χ1n) is 7.25. The Morgan fingerprint density at radius 2 is 1.76 bits per heavy atom. The number of carboxylic acid groups (broad SMARTS) is 1. The molecule has 0 saturated heterocycles. The van der Waals surface area contributed by atoms with Crippen LogP contribution in [0.2, 0.25) is 0 Å². The number of phenols is 1. The summed E-state index contributed by atoms with van der Waals surface area (Å²) in [7, 11) is 2.52. The quantitative estimate of drug-likeness (QED) is 0.631. The standard InChI is InChI=1S/C16H17N3O6/c1-18-13(21)11(14(22)19(2)16(18)25)8-17-12(15(23)24)7-9-3-5-10(20)6-4-9/h3-6,8,12,20-21H,7H2,1-2H3,(H,23,24)/t12-/m0/s1. The molecule has 9 heteroatoms. The number of carboxylic acids is 1. The van der Waals surface area contributed by atoms with Crippen molar-refractivity contribution < 1.29 is 20.1 Å². The summed E-state index contributed by atoms with van der Waals surface area (Å²) < 4.78 is 1.65. The fourth-order valence-corrected chi connectivity index (χ4v) is 2.20. The van der Waals surface area contributed by atoms with Gasteiger partial charge < -0.3 is 15.3 Å². The Bertz CT molecular complexity index is 940. The van der Waals surface area contributed by atoms with Crippen LogP contribution in [0.3, 0.4) is 0 Å². The lowest BCUT2D eigenvalue weighted by atomic mass is 10.1. The number of aliphatic imine (C=N–C) groups is 1. The zero-order chi connectivity index (χ0) is 18.7. The Labute approximate surface area is 141 Å². The Balaban J connectivity index is 2.38. The molecule has 0 fully saturated rings. The average molecular weight is 347 g/mol. The second-order valence-electron chi connectivity index (χ2n) is 5.45. The number of phenolic OH excluding ortho intramolecular Hbond substituents is 1. The third-order valence-electron chi connectivity index (χ3n) is 3.70. The average Bonchev–Trinajstić information content (AvgIpc) is 2.58. The molecular weight excluding hydrogens is 330 g/mol. The van der Waals surface area contributed by atoms with Crippen molar-refractivity contribution in [1.82, 2.24) is 9.13 Å². The molecule has 0 unspecified atom stereocenters. The Kier molecular flexibility index (Phi) is 5.06. The van der Waals surface area contributed by atoms with Crippen molar-refractivity contribution in [1.29, 1.82) is 0 Å². The summed E-state index contributed by atoms with van der Waals surface area (Å²) in [6.45, 7) is 0. The van der Waals surface area contributed by atoms with E-state index in [2.05, 4.69) is 4.99 Å². The fraction of sp³-hybridized carbons (Fsp3) is 0.250. The van der Waals surface area contributed by atoms with Gasteiger partial charge in [-0.1, -0.05) is 12.1 Å². The Morgan fingerprint density at radius 3 is 2.32 bits per heavy atom. The number of hydrogen-bond donors (Lipinski definition) is 3. The summed E-state index contributed by atoms with van der Waals surface area (Å²) in [5.74, 6) is -1.76. The highest BCUT2D eigenvalue weighted by atomic mass is 16.4. The van der Waals surface area contributed by atoms with E-state index in [9.17, 15) is 29.7 Å². The Hall–Kier alpha value is -3.36. The SMILES string of the molecule is Cn1c(O)c(C=N[C@@H](Cc2ccc(O)cc2)C(=O)O)c(=O)n(C)c1=O. The first kappa shape index (κ1) is 18.0. The maximum Gasteiger partial charge on any atom is 0.333 e. The molecular formula is C16H17N3O6. The second kappa shape index (κ2) is 7.04. The van der Waals surface area contributed by atoms with Crippen LogP contribution in [0.25, 0.3) is 0 Å². The number of carbonyl (C=O) groups is 1. The lowest BCUT2D eigenvalue weighted by molar-refractivity contribution is -0.138. The highest BCUT2D eigenvalue weighted by Gasteiger charge is 2.18. The first-order valence-corrected chi connectivity index (χ1v) is 7.25. The van der Waals surface area contributed by atoms with Crippen molar-refractivity contribution in [3.8, 4) is 11.6 Å². The molecule has 1 aromatic carbocycles. The lowest BCUT2D eigenvalue weighted by Gasteiger charge is -2.09. The number of hydrogen-bond acceptors (Lipinski definition) is 6. The number of rotatable bonds is 5. The van der Waals surface area contributed by atoms with Crippen molar-refractivity contribution in [2.24, 2.45) is 19.1 Å². The maximum absolute atomic E-state index is 12.1. The summed E-state index contributed by atoms with van der Waals surface area (Å²) >= 11 is 0. The molecule has 2 rings (SSSR count). The highest BCUT2D eigenvalue weighted by Crippen LogP contribution is 2.13. The number of aromatic hydroxyl groups is 2. The van der Waals surface area contributed by atoms with Crippen LogP contribution in [0.15, 0.2) is 38.8 Å². The van der Waals surface area contributed by atoms with Gasteiger partial charge in [-0.05, 0) is 17.7 Å². The third-order valence-corrected chi connectivity index (χ3v) is 3.70. The van der Waals surface area contributed by atoms with Crippen molar-refractivity contribution in [3.63, 3.8) is 0 Å². The van der Waals surface area contributed by atoms with Crippen LogP contribution in [0.1, 0.15) is 11.1 Å². The predicted octanol–water partition coefficient (Wildman–Crippen LogP) is -0.390. The molecule has 0 saturated carbocycles. The van der Waals surface area contributed by atoms with Crippen LogP contribution < -0.4 is 11.2 Å². The fourth-order valence-electron chi connectivity index (χ4n) is 2.20. The van der Waals surface area contributed by atoms with E-state index in [1.807, 2.05) is 0 Å². The molecule has 0 aliphatic carbocycles. The van der Waals surface area contributed by atoms with E-state index in [1.165, 1.54) is 26.2 Å². The van der Waals surface area contributed by atoms with Gasteiger partial charge in [0, 0.05) is 26.7 Å². The summed E-state index contributed by atoms with van der Waals surface area (Å²) in [5.41, 5.74) is -1.14. The maximum atomic E-state index is 12.1. The number of nitrogens with zero attached hydrogens (tertiary/aromatic N) is 3. The van der Waals surface area contributed by atoms with E-state index >= 15 is 0 Å². The van der Waals surface area contributed by atoms with Crippen LogP contribution >= 0.6 is 0 Å². The number of aliphatic carboxylic acids is 1. The van der Waals surface area contributed by atoms with Crippen LogP contribution in [0.4, 0.5) is 0 Å². The predicted molar refractivity (Wildman–Crippen MR) is 89.4 cm³/mol. The Morgan fingerprint density at radius 1 is 1.16 bits per heavy atom. The first-order chi connectivity index (χ1) is 11.7. The number of aromatic nitrogens is 2. The normalized spacial score (nSPS) is 12.4. The molecule has 9 nitrogen and oxygen atoms in total. The molecule has 0 aliphatic rings. The van der Waals surface area contributed by atoms with Gasteiger partial charge in [0.25, 0.3) is 5.56 Å². The molecule has 0 aliphatic heterocycles. The largest absolute Gasteiger partial charge is 0.508 e. The monoisotopic (exact) mass is 347 g/mol. The van der Waals surface area contributed by atoms with E-state index in [1.54, 1.807) is 12.1 Å². The molecule has 0 amide bonds. The summed E-state index contributed by atoms with van der Waals surface area (Å²) in [4.78, 5) is 39.0. The van der Waals surface area contributed by atoms with Crippen LogP contribution in [0.5, 0.6) is 11.6 Å². The van der Waals surface area contributed by atoms with Gasteiger partial charge in [0.05, 0.1) is 0 Å². The zero-order valence-electron chi connectivity index (χ0n) is 13.6. The van der Waals surface area contributed by atoms with Crippen molar-refractivity contribution in [3.05, 3.63) is 56.2 Å². The zero-order valence-corrected chi connectivity index (χ0v) is 13.6. The van der Waals surface area contributed by atoms with Gasteiger partial charge in [0.1, 0.15) is 11.3 Å². The smallest absolute Gasteiger partial charge is 0.333 e. The molecule has 1 aromatic heterocycles. The van der Waals surface area contributed by atoms with E-state index in [-0.39, 0.29) is 17.7 Å². The van der Waals surface area contributed by atoms with Gasteiger partial charge >= 0.3 is 11.7 Å². The van der Waals surface area contributed by atoms with E-state index < -0.39 is 29.1 Å². The molecule has 2 aromatic rings. The van der Waals surface area contributed by atoms with Crippen molar-refractivity contribution in [2.75, 3.05) is 0 Å². The minimum absolute atomic E-state index is 0.0267. The minimum atomic E-state index is -1.22.